The Morgan fingerprint density at radius 3 is 2.11 bits per heavy atom. The van der Waals surface area contributed by atoms with Crippen molar-refractivity contribution in [2.75, 3.05) is 19.3 Å². The van der Waals surface area contributed by atoms with E-state index in [1.165, 1.54) is 0 Å². The Morgan fingerprint density at radius 1 is 1.11 bits per heavy atom. The summed E-state index contributed by atoms with van der Waals surface area (Å²) in [7, 11) is 1.42. The second kappa shape index (κ2) is 8.06. The van der Waals surface area contributed by atoms with Crippen LogP contribution in [0.25, 0.3) is 0 Å². The van der Waals surface area contributed by atoms with E-state index in [2.05, 4.69) is 39.8 Å². The van der Waals surface area contributed by atoms with Gasteiger partial charge in [-0.2, -0.15) is 0 Å². The fourth-order valence-electron chi connectivity index (χ4n) is 2.43. The molecule has 1 saturated heterocycles. The lowest BCUT2D eigenvalue weighted by Gasteiger charge is -2.32. The summed E-state index contributed by atoms with van der Waals surface area (Å²) in [6, 6.07) is 8.22. The molecular formula is C20H32BNO4S. The molecule has 1 aromatic rings. The third-order valence-corrected chi connectivity index (χ3v) is 5.80. The van der Waals surface area contributed by atoms with Gasteiger partial charge in [0.05, 0.1) is 11.2 Å². The van der Waals surface area contributed by atoms with Gasteiger partial charge in [0.25, 0.3) is 0 Å². The third kappa shape index (κ3) is 5.90. The molecule has 5 nitrogen and oxygen atoms in total. The van der Waals surface area contributed by atoms with Crippen LogP contribution in [0.15, 0.2) is 29.2 Å². The van der Waals surface area contributed by atoms with E-state index in [0.29, 0.717) is 6.54 Å². The van der Waals surface area contributed by atoms with Crippen molar-refractivity contribution in [2.24, 2.45) is 0 Å². The summed E-state index contributed by atoms with van der Waals surface area (Å²) in [4.78, 5) is 14.7. The van der Waals surface area contributed by atoms with Crippen molar-refractivity contribution >= 4 is 30.4 Å². The van der Waals surface area contributed by atoms with E-state index >= 15 is 0 Å². The SMILES string of the molecule is CN(CCSc1ccc(B2OC(C)(C)C(C)(C)O2)cc1)C(=O)OC(C)(C)C. The molecule has 0 bridgehead atoms. The standard InChI is InChI=1S/C20H32BNO4S/c1-18(2,3)24-17(23)22(8)13-14-27-16-11-9-15(10-12-16)21-25-19(4,5)20(6,7)26-21/h9-12H,13-14H2,1-8H3. The van der Waals surface area contributed by atoms with Crippen molar-refractivity contribution in [1.82, 2.24) is 4.90 Å². The van der Waals surface area contributed by atoms with Gasteiger partial charge in [-0.3, -0.25) is 0 Å². The van der Waals surface area contributed by atoms with Crippen LogP contribution in [0.5, 0.6) is 0 Å². The number of carbonyl (C=O) groups is 1. The fraction of sp³-hybridized carbons (Fsp3) is 0.650. The fourth-order valence-corrected chi connectivity index (χ4v) is 3.36. The molecule has 27 heavy (non-hydrogen) atoms. The summed E-state index contributed by atoms with van der Waals surface area (Å²) in [6.45, 7) is 14.4. The summed E-state index contributed by atoms with van der Waals surface area (Å²) in [5.74, 6) is 0.797. The van der Waals surface area contributed by atoms with E-state index in [4.69, 9.17) is 14.0 Å². The van der Waals surface area contributed by atoms with Crippen molar-refractivity contribution in [3.63, 3.8) is 0 Å². The van der Waals surface area contributed by atoms with Crippen LogP contribution < -0.4 is 5.46 Å². The van der Waals surface area contributed by atoms with E-state index in [0.717, 1.165) is 16.1 Å². The maximum Gasteiger partial charge on any atom is 0.494 e. The van der Waals surface area contributed by atoms with Crippen LogP contribution in [-0.4, -0.2) is 54.3 Å². The number of amides is 1. The largest absolute Gasteiger partial charge is 0.494 e. The summed E-state index contributed by atoms with van der Waals surface area (Å²) in [5.41, 5.74) is -0.125. The third-order valence-electron chi connectivity index (χ3n) is 4.81. The van der Waals surface area contributed by atoms with Gasteiger partial charge in [-0.15, -0.1) is 11.8 Å². The average molecular weight is 393 g/mol. The predicted octanol–water partition coefficient (Wildman–Crippen LogP) is 3.94. The highest BCUT2D eigenvalue weighted by molar-refractivity contribution is 7.99. The Balaban J connectivity index is 1.84. The second-order valence-electron chi connectivity index (χ2n) is 8.91. The van der Waals surface area contributed by atoms with Gasteiger partial charge in [0.1, 0.15) is 5.60 Å². The molecule has 2 rings (SSSR count). The zero-order valence-corrected chi connectivity index (χ0v) is 18.6. The first-order valence-electron chi connectivity index (χ1n) is 9.33. The lowest BCUT2D eigenvalue weighted by molar-refractivity contribution is 0.00578. The topological polar surface area (TPSA) is 48.0 Å². The van der Waals surface area contributed by atoms with Gasteiger partial charge in [-0.1, -0.05) is 12.1 Å². The molecule has 0 aliphatic carbocycles. The summed E-state index contributed by atoms with van der Waals surface area (Å²) in [6.07, 6.45) is -0.292. The number of benzene rings is 1. The van der Waals surface area contributed by atoms with Crippen LogP contribution in [0, 0.1) is 0 Å². The monoisotopic (exact) mass is 393 g/mol. The van der Waals surface area contributed by atoms with E-state index in [-0.39, 0.29) is 24.4 Å². The lowest BCUT2D eigenvalue weighted by atomic mass is 9.79. The van der Waals surface area contributed by atoms with Gasteiger partial charge in [0, 0.05) is 24.2 Å². The smallest absolute Gasteiger partial charge is 0.444 e. The molecule has 0 atom stereocenters. The van der Waals surface area contributed by atoms with E-state index in [1.807, 2.05) is 32.9 Å². The Kier molecular flexibility index (Phi) is 6.60. The molecule has 7 heteroatoms. The maximum atomic E-state index is 12.0. The summed E-state index contributed by atoms with van der Waals surface area (Å²) >= 11 is 1.70. The van der Waals surface area contributed by atoms with Gasteiger partial charge >= 0.3 is 13.2 Å². The lowest BCUT2D eigenvalue weighted by Crippen LogP contribution is -2.41. The van der Waals surface area contributed by atoms with Gasteiger partial charge in [-0.05, 0) is 66.1 Å². The second-order valence-corrected chi connectivity index (χ2v) is 10.1. The maximum absolute atomic E-state index is 12.0. The number of hydrogen-bond donors (Lipinski definition) is 0. The van der Waals surface area contributed by atoms with Crippen LogP contribution in [0.2, 0.25) is 0 Å². The molecule has 150 valence electrons. The number of rotatable bonds is 5. The quantitative estimate of drug-likeness (QED) is 0.560. The minimum atomic E-state index is -0.470. The zero-order valence-electron chi connectivity index (χ0n) is 17.8. The summed E-state index contributed by atoms with van der Waals surface area (Å²) < 4.78 is 17.5. The molecule has 1 aromatic carbocycles. The Hall–Kier alpha value is -1.18. The molecule has 0 saturated carbocycles. The molecule has 0 aromatic heterocycles. The van der Waals surface area contributed by atoms with Crippen LogP contribution in [0.4, 0.5) is 4.79 Å². The molecule has 1 fully saturated rings. The van der Waals surface area contributed by atoms with Crippen molar-refractivity contribution in [3.05, 3.63) is 24.3 Å². The molecule has 1 heterocycles. The van der Waals surface area contributed by atoms with E-state index in [1.54, 1.807) is 23.7 Å². The van der Waals surface area contributed by atoms with Crippen molar-refractivity contribution in [3.8, 4) is 0 Å². The van der Waals surface area contributed by atoms with Crippen molar-refractivity contribution < 1.29 is 18.8 Å². The van der Waals surface area contributed by atoms with E-state index < -0.39 is 5.60 Å². The number of thioether (sulfide) groups is 1. The number of hydrogen-bond acceptors (Lipinski definition) is 5. The van der Waals surface area contributed by atoms with Gasteiger partial charge < -0.3 is 18.9 Å². The Morgan fingerprint density at radius 2 is 1.63 bits per heavy atom. The summed E-state index contributed by atoms with van der Waals surface area (Å²) in [5, 5.41) is 0. The van der Waals surface area contributed by atoms with Crippen LogP contribution in [0.1, 0.15) is 48.5 Å². The molecule has 0 spiro atoms. The molecule has 1 aliphatic rings. The predicted molar refractivity (Wildman–Crippen MR) is 112 cm³/mol. The Labute approximate surface area is 168 Å². The molecular weight excluding hydrogens is 361 g/mol. The van der Waals surface area contributed by atoms with Gasteiger partial charge in [-0.25, -0.2) is 4.79 Å². The zero-order chi connectivity index (χ0) is 20.5. The average Bonchev–Trinajstić information content (AvgIpc) is 2.74. The minimum Gasteiger partial charge on any atom is -0.444 e. The minimum absolute atomic E-state index is 0.292. The highest BCUT2D eigenvalue weighted by atomic mass is 32.2. The van der Waals surface area contributed by atoms with Crippen LogP contribution in [-0.2, 0) is 14.0 Å². The number of ether oxygens (including phenoxy) is 1. The first kappa shape index (κ1) is 22.1. The Bertz CT molecular complexity index is 639. The van der Waals surface area contributed by atoms with Gasteiger partial charge in [0.15, 0.2) is 0 Å². The first-order chi connectivity index (χ1) is 12.3. The van der Waals surface area contributed by atoms with E-state index in [9.17, 15) is 4.79 Å². The molecule has 0 radical (unpaired) electrons. The van der Waals surface area contributed by atoms with Crippen molar-refractivity contribution in [2.45, 2.75) is 70.2 Å². The normalized spacial score (nSPS) is 18.4. The number of carbonyl (C=O) groups excluding carboxylic acids is 1. The highest BCUT2D eigenvalue weighted by Crippen LogP contribution is 2.36. The molecule has 0 N–H and O–H groups in total. The highest BCUT2D eigenvalue weighted by Gasteiger charge is 2.51. The molecule has 0 unspecified atom stereocenters. The first-order valence-corrected chi connectivity index (χ1v) is 10.3. The number of nitrogens with zero attached hydrogens (tertiary/aromatic N) is 1. The van der Waals surface area contributed by atoms with Crippen LogP contribution in [0.3, 0.4) is 0 Å². The van der Waals surface area contributed by atoms with Crippen LogP contribution >= 0.6 is 11.8 Å². The van der Waals surface area contributed by atoms with Crippen molar-refractivity contribution in [1.29, 1.82) is 0 Å². The molecule has 1 amide bonds. The van der Waals surface area contributed by atoms with Gasteiger partial charge in [0.2, 0.25) is 0 Å². The molecule has 1 aliphatic heterocycles.